The monoisotopic (exact) mass is 381 g/mol. The zero-order valence-corrected chi connectivity index (χ0v) is 16.2. The second-order valence-electron chi connectivity index (χ2n) is 6.33. The molecule has 146 valence electrons. The van der Waals surface area contributed by atoms with E-state index < -0.39 is 0 Å². The number of nitrogens with zero attached hydrogens (tertiary/aromatic N) is 2. The molecular weight excluding hydrogens is 358 g/mol. The Morgan fingerprint density at radius 1 is 1.14 bits per heavy atom. The first-order chi connectivity index (χ1) is 13.6. The Morgan fingerprint density at radius 2 is 2.00 bits per heavy atom. The van der Waals surface area contributed by atoms with Crippen LogP contribution in [0.4, 0.5) is 5.82 Å². The van der Waals surface area contributed by atoms with Gasteiger partial charge in [-0.3, -0.25) is 4.79 Å². The van der Waals surface area contributed by atoms with E-state index >= 15 is 0 Å². The van der Waals surface area contributed by atoms with Crippen molar-refractivity contribution in [3.63, 3.8) is 0 Å². The van der Waals surface area contributed by atoms with E-state index in [1.165, 1.54) is 0 Å². The second-order valence-corrected chi connectivity index (χ2v) is 6.33. The zero-order valence-electron chi connectivity index (χ0n) is 16.2. The number of nitrogens with one attached hydrogen (secondary N) is 1. The highest BCUT2D eigenvalue weighted by molar-refractivity contribution is 6.05. The van der Waals surface area contributed by atoms with Crippen molar-refractivity contribution in [1.29, 1.82) is 0 Å². The van der Waals surface area contributed by atoms with E-state index in [0.717, 1.165) is 29.7 Å². The molecule has 0 saturated carbocycles. The van der Waals surface area contributed by atoms with Gasteiger partial charge in [-0.2, -0.15) is 0 Å². The lowest BCUT2D eigenvalue weighted by molar-refractivity contribution is 0.102. The lowest BCUT2D eigenvalue weighted by atomic mass is 10.1. The Labute approximate surface area is 163 Å². The standard InChI is InChI=1S/C21H23N3O4/c1-4-5-11-27-17-8-6-7-15(13-17)21(25)22-20-19(23-28-24-20)18-10-9-16(26-3)12-14(18)2/h6-10,12-13H,4-5,11H2,1-3H3,(H,22,24,25). The predicted molar refractivity (Wildman–Crippen MR) is 106 cm³/mol. The molecule has 0 radical (unpaired) electrons. The van der Waals surface area contributed by atoms with E-state index in [-0.39, 0.29) is 11.7 Å². The number of rotatable bonds is 8. The maximum absolute atomic E-state index is 12.7. The Bertz CT molecular complexity index is 952. The van der Waals surface area contributed by atoms with Crippen LogP contribution in [0.1, 0.15) is 35.7 Å². The maximum atomic E-state index is 12.7. The van der Waals surface area contributed by atoms with Crippen molar-refractivity contribution in [2.75, 3.05) is 19.0 Å². The zero-order chi connectivity index (χ0) is 19.9. The number of ether oxygens (including phenoxy) is 2. The molecule has 0 fully saturated rings. The molecular formula is C21H23N3O4. The summed E-state index contributed by atoms with van der Waals surface area (Å²) >= 11 is 0. The van der Waals surface area contributed by atoms with Gasteiger partial charge in [0.2, 0.25) is 5.82 Å². The molecule has 3 rings (SSSR count). The van der Waals surface area contributed by atoms with Crippen LogP contribution in [0.15, 0.2) is 47.1 Å². The lowest BCUT2D eigenvalue weighted by Crippen LogP contribution is -2.13. The summed E-state index contributed by atoms with van der Waals surface area (Å²) in [5, 5.41) is 10.6. The molecule has 3 aromatic rings. The molecule has 1 amide bonds. The van der Waals surface area contributed by atoms with Crippen LogP contribution in [0.25, 0.3) is 11.3 Å². The molecule has 0 atom stereocenters. The highest BCUT2D eigenvalue weighted by Gasteiger charge is 2.18. The minimum atomic E-state index is -0.316. The third-order valence-corrected chi connectivity index (χ3v) is 4.27. The maximum Gasteiger partial charge on any atom is 0.257 e. The summed E-state index contributed by atoms with van der Waals surface area (Å²) in [5.74, 6) is 1.34. The summed E-state index contributed by atoms with van der Waals surface area (Å²) in [6, 6.07) is 12.6. The van der Waals surface area contributed by atoms with Gasteiger partial charge >= 0.3 is 0 Å². The molecule has 0 aliphatic carbocycles. The first kappa shape index (κ1) is 19.4. The van der Waals surface area contributed by atoms with Crippen LogP contribution < -0.4 is 14.8 Å². The van der Waals surface area contributed by atoms with Gasteiger partial charge in [0.05, 0.1) is 13.7 Å². The molecule has 28 heavy (non-hydrogen) atoms. The molecule has 0 spiro atoms. The van der Waals surface area contributed by atoms with Crippen LogP contribution in [0.5, 0.6) is 11.5 Å². The number of unbranched alkanes of at least 4 members (excludes halogenated alkanes) is 1. The number of carbonyl (C=O) groups excluding carboxylic acids is 1. The minimum Gasteiger partial charge on any atom is -0.497 e. The van der Waals surface area contributed by atoms with E-state index in [4.69, 9.17) is 14.1 Å². The van der Waals surface area contributed by atoms with Gasteiger partial charge < -0.3 is 14.8 Å². The van der Waals surface area contributed by atoms with Gasteiger partial charge in [0.15, 0.2) is 5.69 Å². The van der Waals surface area contributed by atoms with Crippen LogP contribution >= 0.6 is 0 Å². The van der Waals surface area contributed by atoms with E-state index in [0.29, 0.717) is 23.6 Å². The van der Waals surface area contributed by atoms with Crippen molar-refractivity contribution in [3.8, 4) is 22.8 Å². The van der Waals surface area contributed by atoms with Gasteiger partial charge in [-0.05, 0) is 65.6 Å². The SMILES string of the molecule is CCCCOc1cccc(C(=O)Nc2nonc2-c2ccc(OC)cc2C)c1. The van der Waals surface area contributed by atoms with Crippen molar-refractivity contribution in [2.24, 2.45) is 0 Å². The van der Waals surface area contributed by atoms with Gasteiger partial charge in [0.1, 0.15) is 11.5 Å². The average Bonchev–Trinajstić information content (AvgIpc) is 3.16. The molecule has 7 nitrogen and oxygen atoms in total. The Balaban J connectivity index is 1.78. The number of benzene rings is 2. The highest BCUT2D eigenvalue weighted by atomic mass is 16.6. The van der Waals surface area contributed by atoms with Gasteiger partial charge in [-0.15, -0.1) is 0 Å². The summed E-state index contributed by atoms with van der Waals surface area (Å²) in [4.78, 5) is 12.7. The number of aryl methyl sites for hydroxylation is 1. The summed E-state index contributed by atoms with van der Waals surface area (Å²) in [5.41, 5.74) is 2.66. The topological polar surface area (TPSA) is 86.5 Å². The van der Waals surface area contributed by atoms with E-state index in [1.54, 1.807) is 25.3 Å². The lowest BCUT2D eigenvalue weighted by Gasteiger charge is -2.09. The molecule has 7 heteroatoms. The third-order valence-electron chi connectivity index (χ3n) is 4.27. The fourth-order valence-electron chi connectivity index (χ4n) is 2.72. The van der Waals surface area contributed by atoms with Crippen molar-refractivity contribution in [3.05, 3.63) is 53.6 Å². The second kappa shape index (κ2) is 9.03. The molecule has 0 aliphatic rings. The highest BCUT2D eigenvalue weighted by Crippen LogP contribution is 2.30. The first-order valence-corrected chi connectivity index (χ1v) is 9.14. The number of anilines is 1. The van der Waals surface area contributed by atoms with Gasteiger partial charge in [0.25, 0.3) is 5.91 Å². The number of hydrogen-bond donors (Lipinski definition) is 1. The Kier molecular flexibility index (Phi) is 6.26. The number of methoxy groups -OCH3 is 1. The molecule has 0 unspecified atom stereocenters. The molecule has 1 aromatic heterocycles. The number of amides is 1. The summed E-state index contributed by atoms with van der Waals surface area (Å²) in [6.45, 7) is 4.65. The van der Waals surface area contributed by atoms with Crippen LogP contribution in [-0.4, -0.2) is 29.9 Å². The van der Waals surface area contributed by atoms with Crippen molar-refractivity contribution in [1.82, 2.24) is 10.3 Å². The molecule has 2 aromatic carbocycles. The van der Waals surface area contributed by atoms with Gasteiger partial charge in [-0.25, -0.2) is 4.63 Å². The fourth-order valence-corrected chi connectivity index (χ4v) is 2.72. The molecule has 1 N–H and O–H groups in total. The number of aromatic nitrogens is 2. The fraction of sp³-hybridized carbons (Fsp3) is 0.286. The summed E-state index contributed by atoms with van der Waals surface area (Å²) < 4.78 is 15.8. The minimum absolute atomic E-state index is 0.260. The third kappa shape index (κ3) is 4.49. The van der Waals surface area contributed by atoms with Crippen LogP contribution in [0, 0.1) is 6.92 Å². The Morgan fingerprint density at radius 3 is 2.75 bits per heavy atom. The van der Waals surface area contributed by atoms with Crippen LogP contribution in [-0.2, 0) is 0 Å². The average molecular weight is 381 g/mol. The Hall–Kier alpha value is -3.35. The van der Waals surface area contributed by atoms with Gasteiger partial charge in [-0.1, -0.05) is 19.4 Å². The van der Waals surface area contributed by atoms with E-state index in [2.05, 4.69) is 22.6 Å². The molecule has 0 saturated heterocycles. The van der Waals surface area contributed by atoms with Crippen molar-refractivity contribution < 1.29 is 18.9 Å². The van der Waals surface area contributed by atoms with Crippen molar-refractivity contribution in [2.45, 2.75) is 26.7 Å². The number of hydrogen-bond acceptors (Lipinski definition) is 6. The quantitative estimate of drug-likeness (QED) is 0.579. The van der Waals surface area contributed by atoms with Gasteiger partial charge in [0, 0.05) is 11.1 Å². The van der Waals surface area contributed by atoms with Crippen molar-refractivity contribution >= 4 is 11.7 Å². The number of carbonyl (C=O) groups is 1. The summed E-state index contributed by atoms with van der Waals surface area (Å²) in [7, 11) is 1.61. The molecule has 0 aliphatic heterocycles. The van der Waals surface area contributed by atoms with Crippen LogP contribution in [0.3, 0.4) is 0 Å². The summed E-state index contributed by atoms with van der Waals surface area (Å²) in [6.07, 6.45) is 2.01. The smallest absolute Gasteiger partial charge is 0.257 e. The largest absolute Gasteiger partial charge is 0.497 e. The van der Waals surface area contributed by atoms with E-state index in [9.17, 15) is 4.79 Å². The van der Waals surface area contributed by atoms with E-state index in [1.807, 2.05) is 31.2 Å². The first-order valence-electron chi connectivity index (χ1n) is 9.14. The normalized spacial score (nSPS) is 10.5. The molecule has 1 heterocycles. The molecule has 0 bridgehead atoms. The predicted octanol–water partition coefficient (Wildman–Crippen LogP) is 4.48. The van der Waals surface area contributed by atoms with Crippen LogP contribution in [0.2, 0.25) is 0 Å².